The average molecular weight is 299 g/mol. The minimum Gasteiger partial charge on any atom is -0.372 e. The zero-order chi connectivity index (χ0) is 11.7. The van der Waals surface area contributed by atoms with Gasteiger partial charge in [0, 0.05) is 13.2 Å². The van der Waals surface area contributed by atoms with Crippen molar-refractivity contribution >= 4 is 15.9 Å². The molecule has 0 aliphatic carbocycles. The molecule has 0 amide bonds. The number of rotatable bonds is 2. The van der Waals surface area contributed by atoms with E-state index >= 15 is 0 Å². The quantitative estimate of drug-likeness (QED) is 0.842. The molecule has 2 fully saturated rings. The zero-order valence-corrected chi connectivity index (χ0v) is 11.1. The van der Waals surface area contributed by atoms with Crippen molar-refractivity contribution in [3.05, 3.63) is 22.2 Å². The van der Waals surface area contributed by atoms with Crippen molar-refractivity contribution in [3.63, 3.8) is 0 Å². The van der Waals surface area contributed by atoms with Gasteiger partial charge < -0.3 is 9.47 Å². The fourth-order valence-corrected chi connectivity index (χ4v) is 3.15. The number of ether oxygens (including phenoxy) is 2. The highest BCUT2D eigenvalue weighted by Crippen LogP contribution is 2.37. The monoisotopic (exact) mass is 298 g/mol. The topological polar surface area (TPSA) is 44.2 Å². The van der Waals surface area contributed by atoms with Gasteiger partial charge in [-0.25, -0.2) is 9.97 Å². The molecule has 2 saturated heterocycles. The number of hydrogen-bond donors (Lipinski definition) is 0. The molecule has 1 aromatic rings. The second kappa shape index (κ2) is 5.00. The third kappa shape index (κ3) is 2.23. The first kappa shape index (κ1) is 11.6. The van der Waals surface area contributed by atoms with Crippen LogP contribution in [-0.4, -0.2) is 23.2 Å². The molecule has 0 bridgehead atoms. The van der Waals surface area contributed by atoms with E-state index < -0.39 is 0 Å². The summed E-state index contributed by atoms with van der Waals surface area (Å²) in [5, 5.41) is 0. The molecule has 1 aromatic heterocycles. The Labute approximate surface area is 109 Å². The van der Waals surface area contributed by atoms with Gasteiger partial charge in [0.2, 0.25) is 0 Å². The molecular formula is C12H15BrN2O2. The van der Waals surface area contributed by atoms with Gasteiger partial charge in [-0.2, -0.15) is 0 Å². The van der Waals surface area contributed by atoms with Gasteiger partial charge in [0.05, 0.1) is 15.9 Å². The lowest BCUT2D eigenvalue weighted by atomic mass is 10.1. The lowest BCUT2D eigenvalue weighted by Crippen LogP contribution is -2.07. The van der Waals surface area contributed by atoms with Crippen LogP contribution in [0.2, 0.25) is 0 Å². The first-order valence-corrected chi connectivity index (χ1v) is 6.89. The predicted molar refractivity (Wildman–Crippen MR) is 65.6 cm³/mol. The normalized spacial score (nSPS) is 28.8. The summed E-state index contributed by atoms with van der Waals surface area (Å²) in [6, 6.07) is 0. The maximum absolute atomic E-state index is 5.68. The molecule has 0 radical (unpaired) electrons. The predicted octanol–water partition coefficient (Wildman–Crippen LogP) is 2.94. The fraction of sp³-hybridized carbons (Fsp3) is 0.667. The van der Waals surface area contributed by atoms with Crippen LogP contribution in [0.5, 0.6) is 0 Å². The van der Waals surface area contributed by atoms with Crippen LogP contribution < -0.4 is 0 Å². The van der Waals surface area contributed by atoms with Gasteiger partial charge in [0.25, 0.3) is 0 Å². The molecular weight excluding hydrogens is 284 g/mol. The summed E-state index contributed by atoms with van der Waals surface area (Å²) in [7, 11) is 0. The average Bonchev–Trinajstić information content (AvgIpc) is 3.02. The molecule has 3 rings (SSSR count). The number of hydrogen-bond acceptors (Lipinski definition) is 4. The second-order valence-corrected chi connectivity index (χ2v) is 5.25. The largest absolute Gasteiger partial charge is 0.372 e. The highest BCUT2D eigenvalue weighted by Gasteiger charge is 2.27. The first-order valence-electron chi connectivity index (χ1n) is 6.10. The summed E-state index contributed by atoms with van der Waals surface area (Å²) >= 11 is 3.62. The molecule has 2 atom stereocenters. The van der Waals surface area contributed by atoms with E-state index in [0.717, 1.165) is 54.8 Å². The van der Waals surface area contributed by atoms with Crippen molar-refractivity contribution in [3.8, 4) is 0 Å². The van der Waals surface area contributed by atoms with E-state index in [1.54, 1.807) is 6.33 Å². The summed E-state index contributed by atoms with van der Waals surface area (Å²) in [6.07, 6.45) is 6.16. The third-order valence-electron chi connectivity index (χ3n) is 3.31. The fourth-order valence-electron chi connectivity index (χ4n) is 2.43. The Kier molecular flexibility index (Phi) is 3.40. The SMILES string of the molecule is Brc1c([C@@H]2CCCO2)ncnc1[C@H]1CCCO1. The highest BCUT2D eigenvalue weighted by atomic mass is 79.9. The maximum atomic E-state index is 5.68. The summed E-state index contributed by atoms with van der Waals surface area (Å²) in [6.45, 7) is 1.66. The molecule has 0 unspecified atom stereocenters. The van der Waals surface area contributed by atoms with Gasteiger partial charge in [0.15, 0.2) is 0 Å². The van der Waals surface area contributed by atoms with Crippen LogP contribution in [0.4, 0.5) is 0 Å². The van der Waals surface area contributed by atoms with E-state index in [2.05, 4.69) is 25.9 Å². The van der Waals surface area contributed by atoms with Crippen molar-refractivity contribution < 1.29 is 9.47 Å². The van der Waals surface area contributed by atoms with Crippen LogP contribution in [0.1, 0.15) is 49.3 Å². The Morgan fingerprint density at radius 3 is 1.94 bits per heavy atom. The smallest absolute Gasteiger partial charge is 0.116 e. The highest BCUT2D eigenvalue weighted by molar-refractivity contribution is 9.10. The van der Waals surface area contributed by atoms with Gasteiger partial charge in [-0.3, -0.25) is 0 Å². The molecule has 4 nitrogen and oxygen atoms in total. The maximum Gasteiger partial charge on any atom is 0.116 e. The summed E-state index contributed by atoms with van der Waals surface area (Å²) < 4.78 is 12.3. The van der Waals surface area contributed by atoms with E-state index in [1.165, 1.54) is 0 Å². The Morgan fingerprint density at radius 1 is 1.00 bits per heavy atom. The van der Waals surface area contributed by atoms with E-state index in [-0.39, 0.29) is 12.2 Å². The number of halogens is 1. The van der Waals surface area contributed by atoms with Gasteiger partial charge >= 0.3 is 0 Å². The van der Waals surface area contributed by atoms with E-state index in [1.807, 2.05) is 0 Å². The molecule has 0 aromatic carbocycles. The van der Waals surface area contributed by atoms with Crippen molar-refractivity contribution in [1.82, 2.24) is 9.97 Å². The lowest BCUT2D eigenvalue weighted by Gasteiger charge is -2.15. The van der Waals surface area contributed by atoms with Crippen molar-refractivity contribution in [1.29, 1.82) is 0 Å². The number of aromatic nitrogens is 2. The molecule has 0 saturated carbocycles. The first-order chi connectivity index (χ1) is 8.36. The van der Waals surface area contributed by atoms with Crippen LogP contribution in [0.15, 0.2) is 10.8 Å². The Bertz CT molecular complexity index is 367. The zero-order valence-electron chi connectivity index (χ0n) is 9.56. The van der Waals surface area contributed by atoms with Gasteiger partial charge in [-0.05, 0) is 41.6 Å². The molecule has 2 aliphatic heterocycles. The van der Waals surface area contributed by atoms with E-state index in [4.69, 9.17) is 9.47 Å². The Hall–Kier alpha value is -0.520. The minimum atomic E-state index is 0.118. The lowest BCUT2D eigenvalue weighted by molar-refractivity contribution is 0.101. The standard InChI is InChI=1S/C12H15BrN2O2/c13-10-11(8-3-1-5-16-8)14-7-15-12(10)9-4-2-6-17-9/h7-9H,1-6H2/t8-,9+. The van der Waals surface area contributed by atoms with Crippen molar-refractivity contribution in [2.75, 3.05) is 13.2 Å². The summed E-state index contributed by atoms with van der Waals surface area (Å²) in [5.41, 5.74) is 1.95. The van der Waals surface area contributed by atoms with Gasteiger partial charge in [-0.1, -0.05) is 0 Å². The van der Waals surface area contributed by atoms with Gasteiger partial charge in [-0.15, -0.1) is 0 Å². The van der Waals surface area contributed by atoms with Crippen LogP contribution in [0.25, 0.3) is 0 Å². The summed E-state index contributed by atoms with van der Waals surface area (Å²) in [4.78, 5) is 8.71. The molecule has 2 aliphatic rings. The Balaban J connectivity index is 1.91. The second-order valence-electron chi connectivity index (χ2n) is 4.46. The van der Waals surface area contributed by atoms with E-state index in [0.29, 0.717) is 0 Å². The van der Waals surface area contributed by atoms with E-state index in [9.17, 15) is 0 Å². The Morgan fingerprint density at radius 2 is 1.53 bits per heavy atom. The van der Waals surface area contributed by atoms with Gasteiger partial charge in [0.1, 0.15) is 18.5 Å². The van der Waals surface area contributed by atoms with Crippen molar-refractivity contribution in [2.45, 2.75) is 37.9 Å². The van der Waals surface area contributed by atoms with Crippen LogP contribution in [0, 0.1) is 0 Å². The third-order valence-corrected chi connectivity index (χ3v) is 4.13. The molecule has 17 heavy (non-hydrogen) atoms. The molecule has 5 heteroatoms. The molecule has 0 spiro atoms. The van der Waals surface area contributed by atoms with Crippen molar-refractivity contribution in [2.24, 2.45) is 0 Å². The minimum absolute atomic E-state index is 0.118. The molecule has 3 heterocycles. The molecule has 92 valence electrons. The van der Waals surface area contributed by atoms with Crippen LogP contribution in [-0.2, 0) is 9.47 Å². The summed E-state index contributed by atoms with van der Waals surface area (Å²) in [5.74, 6) is 0. The molecule has 0 N–H and O–H groups in total. The van der Waals surface area contributed by atoms with Crippen LogP contribution in [0.3, 0.4) is 0 Å². The van der Waals surface area contributed by atoms with Crippen LogP contribution >= 0.6 is 15.9 Å². The number of nitrogens with zero attached hydrogens (tertiary/aromatic N) is 2.